The Labute approximate surface area is 125 Å². The van der Waals surface area contributed by atoms with E-state index in [2.05, 4.69) is 22.8 Å². The van der Waals surface area contributed by atoms with E-state index in [0.717, 1.165) is 6.42 Å². The third kappa shape index (κ3) is 3.21. The van der Waals surface area contributed by atoms with E-state index in [9.17, 15) is 9.90 Å². The Kier molecular flexibility index (Phi) is 4.44. The number of aliphatic hydroxyl groups excluding tert-OH is 1. The predicted octanol–water partition coefficient (Wildman–Crippen LogP) is 1.94. The molecule has 0 saturated heterocycles. The molecule has 4 heteroatoms. The Bertz CT molecular complexity index is 477. The second-order valence-corrected chi connectivity index (χ2v) is 6.34. The summed E-state index contributed by atoms with van der Waals surface area (Å²) >= 11 is 0. The summed E-state index contributed by atoms with van der Waals surface area (Å²) in [7, 11) is 0. The summed E-state index contributed by atoms with van der Waals surface area (Å²) in [5.41, 5.74) is 1.23. The summed E-state index contributed by atoms with van der Waals surface area (Å²) < 4.78 is 0. The molecule has 0 aliphatic heterocycles. The molecule has 0 heterocycles. The van der Waals surface area contributed by atoms with Crippen molar-refractivity contribution in [2.24, 2.45) is 17.8 Å². The highest BCUT2D eigenvalue weighted by molar-refractivity contribution is 5.74. The average Bonchev–Trinajstić information content (AvgIpc) is 3.09. The fourth-order valence-electron chi connectivity index (χ4n) is 4.07. The van der Waals surface area contributed by atoms with Crippen molar-refractivity contribution < 1.29 is 9.90 Å². The minimum atomic E-state index is -0.0954. The van der Waals surface area contributed by atoms with E-state index < -0.39 is 0 Å². The Balaban J connectivity index is 1.44. The zero-order valence-electron chi connectivity index (χ0n) is 12.3. The molecular formula is C17H24N2O2. The van der Waals surface area contributed by atoms with Gasteiger partial charge < -0.3 is 15.7 Å². The summed E-state index contributed by atoms with van der Waals surface area (Å²) in [6.45, 7) is 0.830. The molecule has 21 heavy (non-hydrogen) atoms. The quantitative estimate of drug-likeness (QED) is 0.775. The summed E-state index contributed by atoms with van der Waals surface area (Å²) in [5, 5.41) is 15.5. The van der Waals surface area contributed by atoms with E-state index in [1.54, 1.807) is 0 Å². The Morgan fingerprint density at radius 3 is 2.71 bits per heavy atom. The van der Waals surface area contributed by atoms with Crippen LogP contribution in [0.2, 0.25) is 0 Å². The van der Waals surface area contributed by atoms with Crippen molar-refractivity contribution in [2.45, 2.75) is 31.7 Å². The number of nitrogens with one attached hydrogen (secondary N) is 2. The zero-order chi connectivity index (χ0) is 14.7. The molecule has 1 aromatic rings. The molecule has 4 atom stereocenters. The maximum absolute atomic E-state index is 12.0. The van der Waals surface area contributed by atoms with Crippen LogP contribution in [0.1, 0.15) is 24.8 Å². The molecule has 2 bridgehead atoms. The maximum Gasteiger partial charge on any atom is 0.315 e. The van der Waals surface area contributed by atoms with Crippen LogP contribution < -0.4 is 10.6 Å². The summed E-state index contributed by atoms with van der Waals surface area (Å²) in [6.07, 6.45) is 4.41. The van der Waals surface area contributed by atoms with Crippen LogP contribution in [0.15, 0.2) is 30.3 Å². The van der Waals surface area contributed by atoms with Crippen LogP contribution >= 0.6 is 0 Å². The van der Waals surface area contributed by atoms with Crippen molar-refractivity contribution in [3.8, 4) is 0 Å². The van der Waals surface area contributed by atoms with Gasteiger partial charge >= 0.3 is 6.03 Å². The third-order valence-electron chi connectivity index (χ3n) is 5.14. The molecule has 0 radical (unpaired) electrons. The van der Waals surface area contributed by atoms with Crippen molar-refractivity contribution >= 4 is 6.03 Å². The smallest absolute Gasteiger partial charge is 0.315 e. The molecule has 1 aromatic carbocycles. The zero-order valence-corrected chi connectivity index (χ0v) is 12.3. The second-order valence-electron chi connectivity index (χ2n) is 6.34. The normalized spacial score (nSPS) is 30.3. The Morgan fingerprint density at radius 1 is 1.19 bits per heavy atom. The number of benzene rings is 1. The molecule has 4 unspecified atom stereocenters. The molecule has 2 amide bonds. The number of aliphatic hydroxyl groups is 1. The van der Waals surface area contributed by atoms with Crippen LogP contribution in [0, 0.1) is 17.8 Å². The number of rotatable bonds is 5. The van der Waals surface area contributed by atoms with Gasteiger partial charge in [0, 0.05) is 25.1 Å². The number of hydrogen-bond donors (Lipinski definition) is 3. The van der Waals surface area contributed by atoms with E-state index in [4.69, 9.17) is 0 Å². The monoisotopic (exact) mass is 288 g/mol. The van der Waals surface area contributed by atoms with Crippen LogP contribution in [0.5, 0.6) is 0 Å². The molecule has 0 spiro atoms. The molecule has 2 fully saturated rings. The minimum Gasteiger partial charge on any atom is -0.396 e. The molecule has 3 N–H and O–H groups in total. The Morgan fingerprint density at radius 2 is 1.95 bits per heavy atom. The fourth-order valence-corrected chi connectivity index (χ4v) is 4.07. The highest BCUT2D eigenvalue weighted by Gasteiger charge is 2.47. The van der Waals surface area contributed by atoms with Crippen LogP contribution in [0.25, 0.3) is 0 Å². The third-order valence-corrected chi connectivity index (χ3v) is 5.14. The van der Waals surface area contributed by atoms with E-state index in [-0.39, 0.29) is 24.6 Å². The first-order valence-corrected chi connectivity index (χ1v) is 7.97. The second kappa shape index (κ2) is 6.48. The highest BCUT2D eigenvalue weighted by atomic mass is 16.3. The first-order valence-electron chi connectivity index (χ1n) is 7.97. The van der Waals surface area contributed by atoms with Gasteiger partial charge in [0.2, 0.25) is 0 Å². The molecule has 2 aliphatic carbocycles. The molecule has 3 rings (SSSR count). The van der Waals surface area contributed by atoms with Crippen LogP contribution in [0.4, 0.5) is 4.79 Å². The van der Waals surface area contributed by atoms with E-state index in [0.29, 0.717) is 18.4 Å². The number of carbonyl (C=O) groups excluding carboxylic acids is 1. The van der Waals surface area contributed by atoms with E-state index in [1.165, 1.54) is 24.8 Å². The molecule has 0 aromatic heterocycles. The van der Waals surface area contributed by atoms with Crippen molar-refractivity contribution in [3.05, 3.63) is 35.9 Å². The number of carbonyl (C=O) groups is 1. The summed E-state index contributed by atoms with van der Waals surface area (Å²) in [5.74, 6) is 1.42. The average molecular weight is 288 g/mol. The predicted molar refractivity (Wildman–Crippen MR) is 81.9 cm³/mol. The minimum absolute atomic E-state index is 0.0954. The number of amides is 2. The van der Waals surface area contributed by atoms with Gasteiger partial charge in [-0.1, -0.05) is 30.3 Å². The number of fused-ring (bicyclic) bond motifs is 2. The first-order chi connectivity index (χ1) is 10.3. The number of hydrogen-bond acceptors (Lipinski definition) is 2. The van der Waals surface area contributed by atoms with Crippen molar-refractivity contribution in [3.63, 3.8) is 0 Å². The Hall–Kier alpha value is -1.55. The standard InChI is InChI=1S/C17H24N2O2/c20-11-15-13-6-7-14(10-13)16(15)19-17(21)18-9-8-12-4-2-1-3-5-12/h1-5,13-16,20H,6-11H2,(H2,18,19,21). The van der Waals surface area contributed by atoms with Gasteiger partial charge in [0.15, 0.2) is 0 Å². The van der Waals surface area contributed by atoms with E-state index in [1.807, 2.05) is 18.2 Å². The molecular weight excluding hydrogens is 264 g/mol. The fraction of sp³-hybridized carbons (Fsp3) is 0.588. The van der Waals surface area contributed by atoms with Crippen LogP contribution in [-0.4, -0.2) is 30.3 Å². The van der Waals surface area contributed by atoms with Gasteiger partial charge in [-0.15, -0.1) is 0 Å². The van der Waals surface area contributed by atoms with Gasteiger partial charge in [0.05, 0.1) is 0 Å². The van der Waals surface area contributed by atoms with Gasteiger partial charge in [-0.05, 0) is 43.1 Å². The van der Waals surface area contributed by atoms with Gasteiger partial charge in [0.25, 0.3) is 0 Å². The van der Waals surface area contributed by atoms with Crippen molar-refractivity contribution in [2.75, 3.05) is 13.2 Å². The molecule has 2 aliphatic rings. The lowest BCUT2D eigenvalue weighted by molar-refractivity contribution is 0.144. The molecule has 4 nitrogen and oxygen atoms in total. The van der Waals surface area contributed by atoms with Crippen molar-refractivity contribution in [1.29, 1.82) is 0 Å². The summed E-state index contributed by atoms with van der Waals surface area (Å²) in [6, 6.07) is 10.2. The number of urea groups is 1. The first kappa shape index (κ1) is 14.4. The van der Waals surface area contributed by atoms with Gasteiger partial charge in [0.1, 0.15) is 0 Å². The molecule has 2 saturated carbocycles. The van der Waals surface area contributed by atoms with Gasteiger partial charge in [-0.2, -0.15) is 0 Å². The lowest BCUT2D eigenvalue weighted by Crippen LogP contribution is -2.49. The topological polar surface area (TPSA) is 61.4 Å². The highest BCUT2D eigenvalue weighted by Crippen LogP contribution is 2.48. The van der Waals surface area contributed by atoms with Gasteiger partial charge in [-0.25, -0.2) is 4.79 Å². The SMILES string of the molecule is O=C(NCCc1ccccc1)NC1C2CCC(C2)C1CO. The lowest BCUT2D eigenvalue weighted by atomic mass is 9.85. The van der Waals surface area contributed by atoms with Gasteiger partial charge in [-0.3, -0.25) is 0 Å². The largest absolute Gasteiger partial charge is 0.396 e. The van der Waals surface area contributed by atoms with E-state index >= 15 is 0 Å². The summed E-state index contributed by atoms with van der Waals surface area (Å²) in [4.78, 5) is 12.0. The van der Waals surface area contributed by atoms with Crippen LogP contribution in [0.3, 0.4) is 0 Å². The molecule has 114 valence electrons. The maximum atomic E-state index is 12.0. The lowest BCUT2D eigenvalue weighted by Gasteiger charge is -2.30. The van der Waals surface area contributed by atoms with Crippen LogP contribution in [-0.2, 0) is 6.42 Å². The van der Waals surface area contributed by atoms with Crippen molar-refractivity contribution in [1.82, 2.24) is 10.6 Å².